The molecule has 18 heavy (non-hydrogen) atoms. The molecule has 1 aliphatic heterocycles. The van der Waals surface area contributed by atoms with Gasteiger partial charge < -0.3 is 0 Å². The van der Waals surface area contributed by atoms with Crippen molar-refractivity contribution in [1.82, 2.24) is 14.9 Å². The van der Waals surface area contributed by atoms with Crippen molar-refractivity contribution in [2.24, 2.45) is 0 Å². The van der Waals surface area contributed by atoms with Crippen LogP contribution in [0.15, 0.2) is 18.3 Å². The highest BCUT2D eigenvalue weighted by atomic mass is 35.5. The number of halogens is 1. The summed E-state index contributed by atoms with van der Waals surface area (Å²) in [4.78, 5) is 11.4. The first-order valence-corrected chi connectivity index (χ1v) is 6.81. The highest BCUT2D eigenvalue weighted by Crippen LogP contribution is 2.30. The molecule has 0 amide bonds. The van der Waals surface area contributed by atoms with Crippen LogP contribution in [0.4, 0.5) is 0 Å². The van der Waals surface area contributed by atoms with E-state index in [0.717, 1.165) is 47.8 Å². The van der Waals surface area contributed by atoms with Crippen molar-refractivity contribution in [3.8, 4) is 0 Å². The van der Waals surface area contributed by atoms with E-state index in [4.69, 9.17) is 11.6 Å². The molecule has 2 aromatic rings. The van der Waals surface area contributed by atoms with Crippen LogP contribution >= 0.6 is 11.6 Å². The van der Waals surface area contributed by atoms with Crippen LogP contribution in [0, 0.1) is 0 Å². The molecule has 94 valence electrons. The van der Waals surface area contributed by atoms with Gasteiger partial charge in [0.25, 0.3) is 0 Å². The quantitative estimate of drug-likeness (QED) is 0.832. The summed E-state index contributed by atoms with van der Waals surface area (Å²) < 4.78 is 0. The summed E-state index contributed by atoms with van der Waals surface area (Å²) in [6, 6.07) is 3.91. The van der Waals surface area contributed by atoms with Gasteiger partial charge in [0, 0.05) is 36.7 Å². The van der Waals surface area contributed by atoms with Crippen molar-refractivity contribution < 1.29 is 0 Å². The summed E-state index contributed by atoms with van der Waals surface area (Å²) in [7, 11) is 0. The number of aromatic nitrogens is 2. The number of hydrogen-bond donors (Lipinski definition) is 0. The van der Waals surface area contributed by atoms with Gasteiger partial charge in [-0.2, -0.15) is 0 Å². The minimum absolute atomic E-state index is 0.769. The van der Waals surface area contributed by atoms with Gasteiger partial charge in [0.2, 0.25) is 0 Å². The van der Waals surface area contributed by atoms with E-state index in [9.17, 15) is 0 Å². The Kier molecular flexibility index (Phi) is 3.18. The molecule has 0 aliphatic carbocycles. The zero-order valence-electron chi connectivity index (χ0n) is 10.5. The summed E-state index contributed by atoms with van der Waals surface area (Å²) in [6.45, 7) is 5.32. The monoisotopic (exact) mass is 261 g/mol. The van der Waals surface area contributed by atoms with Crippen molar-refractivity contribution in [3.05, 3.63) is 34.6 Å². The lowest BCUT2D eigenvalue weighted by Crippen LogP contribution is -2.32. The number of hydrogen-bond acceptors (Lipinski definition) is 3. The minimum atomic E-state index is 0.769. The van der Waals surface area contributed by atoms with Crippen molar-refractivity contribution in [3.63, 3.8) is 0 Å². The number of pyridine rings is 2. The largest absolute Gasteiger partial charge is 0.299 e. The third-order valence-electron chi connectivity index (χ3n) is 3.46. The smallest absolute Gasteiger partial charge is 0.160 e. The summed E-state index contributed by atoms with van der Waals surface area (Å²) in [5, 5.41) is 1.81. The Morgan fingerprint density at radius 1 is 1.44 bits per heavy atom. The number of fused-ring (bicyclic) bond motifs is 2. The van der Waals surface area contributed by atoms with Gasteiger partial charge in [-0.25, -0.2) is 9.97 Å². The Bertz CT molecular complexity index is 583. The average molecular weight is 262 g/mol. The maximum absolute atomic E-state index is 6.52. The van der Waals surface area contributed by atoms with E-state index in [2.05, 4.69) is 21.8 Å². The number of nitrogens with zero attached hydrogens (tertiary/aromatic N) is 3. The second-order valence-corrected chi connectivity index (χ2v) is 5.13. The summed E-state index contributed by atoms with van der Waals surface area (Å²) >= 11 is 6.52. The van der Waals surface area contributed by atoms with Crippen molar-refractivity contribution in [2.75, 3.05) is 13.1 Å². The van der Waals surface area contributed by atoms with E-state index in [1.807, 2.05) is 12.1 Å². The van der Waals surface area contributed by atoms with Crippen molar-refractivity contribution in [1.29, 1.82) is 0 Å². The normalized spacial score (nSPS) is 15.9. The van der Waals surface area contributed by atoms with E-state index in [1.54, 1.807) is 6.20 Å². The Balaban J connectivity index is 2.08. The van der Waals surface area contributed by atoms with Gasteiger partial charge in [-0.05, 0) is 25.1 Å². The third-order valence-corrected chi connectivity index (χ3v) is 3.90. The molecule has 0 fully saturated rings. The maximum atomic E-state index is 6.52. The molecule has 0 saturated heterocycles. The molecule has 4 heteroatoms. The molecule has 2 aromatic heterocycles. The SMILES string of the molecule is CCCN1CCc2nc3ncccc3c(Cl)c2C1. The Labute approximate surface area is 112 Å². The standard InChI is InChI=1S/C14H16ClN3/c1-2-7-18-8-5-12-11(9-18)13(15)10-4-3-6-16-14(10)17-12/h3-4,6H,2,5,7-9H2,1H3. The fourth-order valence-electron chi connectivity index (χ4n) is 2.58. The molecule has 3 heterocycles. The van der Waals surface area contributed by atoms with Crippen LogP contribution in [0.1, 0.15) is 24.6 Å². The fraction of sp³-hybridized carbons (Fsp3) is 0.429. The van der Waals surface area contributed by atoms with Gasteiger partial charge in [0.1, 0.15) is 0 Å². The lowest BCUT2D eigenvalue weighted by Gasteiger charge is -2.28. The van der Waals surface area contributed by atoms with Gasteiger partial charge in [-0.15, -0.1) is 0 Å². The summed E-state index contributed by atoms with van der Waals surface area (Å²) in [5.41, 5.74) is 3.08. The molecule has 0 spiro atoms. The highest BCUT2D eigenvalue weighted by molar-refractivity contribution is 6.36. The van der Waals surface area contributed by atoms with Gasteiger partial charge in [0.05, 0.1) is 10.7 Å². The maximum Gasteiger partial charge on any atom is 0.160 e. The Hall–Kier alpha value is -1.19. The molecular formula is C14H16ClN3. The minimum Gasteiger partial charge on any atom is -0.299 e. The van der Waals surface area contributed by atoms with Gasteiger partial charge in [-0.1, -0.05) is 18.5 Å². The Morgan fingerprint density at radius 3 is 3.17 bits per heavy atom. The van der Waals surface area contributed by atoms with E-state index in [0.29, 0.717) is 0 Å². The lowest BCUT2D eigenvalue weighted by molar-refractivity contribution is 0.253. The first-order chi connectivity index (χ1) is 8.79. The fourth-order valence-corrected chi connectivity index (χ4v) is 2.90. The second kappa shape index (κ2) is 4.82. The molecule has 0 radical (unpaired) electrons. The second-order valence-electron chi connectivity index (χ2n) is 4.75. The molecular weight excluding hydrogens is 246 g/mol. The molecule has 0 N–H and O–H groups in total. The van der Waals surface area contributed by atoms with Crippen LogP contribution in [0.3, 0.4) is 0 Å². The van der Waals surface area contributed by atoms with E-state index >= 15 is 0 Å². The van der Waals surface area contributed by atoms with E-state index in [-0.39, 0.29) is 0 Å². The molecule has 1 aliphatic rings. The van der Waals surface area contributed by atoms with E-state index in [1.165, 1.54) is 12.0 Å². The third kappa shape index (κ3) is 1.98. The van der Waals surface area contributed by atoms with Crippen molar-refractivity contribution >= 4 is 22.6 Å². The van der Waals surface area contributed by atoms with Gasteiger partial charge in [0.15, 0.2) is 5.65 Å². The first kappa shape index (κ1) is 11.9. The molecule has 0 bridgehead atoms. The Morgan fingerprint density at radius 2 is 2.33 bits per heavy atom. The first-order valence-electron chi connectivity index (χ1n) is 6.44. The molecule has 0 saturated carbocycles. The van der Waals surface area contributed by atoms with Crippen LogP contribution < -0.4 is 0 Å². The van der Waals surface area contributed by atoms with Crippen molar-refractivity contribution in [2.45, 2.75) is 26.3 Å². The summed E-state index contributed by atoms with van der Waals surface area (Å²) in [5.74, 6) is 0. The summed E-state index contributed by atoms with van der Waals surface area (Å²) in [6.07, 6.45) is 3.92. The van der Waals surface area contributed by atoms with Crippen LogP contribution in [0.25, 0.3) is 11.0 Å². The van der Waals surface area contributed by atoms with Crippen LogP contribution in [-0.2, 0) is 13.0 Å². The molecule has 3 nitrogen and oxygen atoms in total. The molecule has 0 atom stereocenters. The van der Waals surface area contributed by atoms with Crippen LogP contribution in [-0.4, -0.2) is 28.0 Å². The predicted octanol–water partition coefficient (Wildman–Crippen LogP) is 3.05. The number of rotatable bonds is 2. The topological polar surface area (TPSA) is 29.0 Å². The lowest BCUT2D eigenvalue weighted by atomic mass is 10.0. The molecule has 0 unspecified atom stereocenters. The van der Waals surface area contributed by atoms with Crippen LogP contribution in [0.5, 0.6) is 0 Å². The van der Waals surface area contributed by atoms with Crippen LogP contribution in [0.2, 0.25) is 5.02 Å². The van der Waals surface area contributed by atoms with Gasteiger partial charge >= 0.3 is 0 Å². The highest BCUT2D eigenvalue weighted by Gasteiger charge is 2.21. The predicted molar refractivity (Wildman–Crippen MR) is 73.8 cm³/mol. The molecule has 3 rings (SSSR count). The van der Waals surface area contributed by atoms with E-state index < -0.39 is 0 Å². The van der Waals surface area contributed by atoms with Gasteiger partial charge in [-0.3, -0.25) is 4.90 Å². The zero-order valence-corrected chi connectivity index (χ0v) is 11.2. The molecule has 0 aromatic carbocycles. The zero-order chi connectivity index (χ0) is 12.5. The average Bonchev–Trinajstić information content (AvgIpc) is 2.40.